The summed E-state index contributed by atoms with van der Waals surface area (Å²) in [5, 5.41) is 6.10. The number of nitrogens with zero attached hydrogens (tertiary/aromatic N) is 2. The molecule has 0 radical (unpaired) electrons. The first-order valence-electron chi connectivity index (χ1n) is 9.39. The maximum Gasteiger partial charge on any atom is 0.264 e. The van der Waals surface area contributed by atoms with Crippen molar-refractivity contribution < 1.29 is 14.3 Å². The molecule has 2 N–H and O–H groups in total. The SMILES string of the molecule is COc1cccc(OC)c1C(=O)NC(=S)Nc1ccccc1N1CCN(C)CC1. The topological polar surface area (TPSA) is 66.1 Å². The van der Waals surface area contributed by atoms with E-state index in [4.69, 9.17) is 21.7 Å². The van der Waals surface area contributed by atoms with Crippen LogP contribution in [-0.2, 0) is 0 Å². The molecule has 0 saturated carbocycles. The third-order valence-corrected chi connectivity index (χ3v) is 5.08. The highest BCUT2D eigenvalue weighted by atomic mass is 32.1. The average Bonchev–Trinajstić information content (AvgIpc) is 2.74. The number of thiocarbonyl (C=S) groups is 1. The number of hydrogen-bond acceptors (Lipinski definition) is 6. The highest BCUT2D eigenvalue weighted by Gasteiger charge is 2.20. The van der Waals surface area contributed by atoms with Crippen LogP contribution in [0.3, 0.4) is 0 Å². The molecule has 2 aromatic rings. The fourth-order valence-corrected chi connectivity index (χ4v) is 3.50. The van der Waals surface area contributed by atoms with E-state index < -0.39 is 5.91 Å². The molecule has 1 amide bonds. The number of anilines is 2. The van der Waals surface area contributed by atoms with E-state index in [0.29, 0.717) is 17.1 Å². The fraction of sp³-hybridized carbons (Fsp3) is 0.333. The van der Waals surface area contributed by atoms with Crippen molar-refractivity contribution >= 4 is 34.6 Å². The van der Waals surface area contributed by atoms with Crippen molar-refractivity contribution in [2.75, 3.05) is 57.7 Å². The fourth-order valence-electron chi connectivity index (χ4n) is 3.30. The highest BCUT2D eigenvalue weighted by molar-refractivity contribution is 7.80. The van der Waals surface area contributed by atoms with E-state index in [9.17, 15) is 4.79 Å². The number of amides is 1. The number of rotatable bonds is 5. The Bertz CT molecular complexity index is 860. The van der Waals surface area contributed by atoms with Gasteiger partial charge in [0.15, 0.2) is 5.11 Å². The van der Waals surface area contributed by atoms with E-state index in [1.807, 2.05) is 18.2 Å². The summed E-state index contributed by atoms with van der Waals surface area (Å²) in [4.78, 5) is 17.4. The minimum Gasteiger partial charge on any atom is -0.496 e. The van der Waals surface area contributed by atoms with Crippen molar-refractivity contribution in [1.82, 2.24) is 10.2 Å². The summed E-state index contributed by atoms with van der Waals surface area (Å²) in [5.41, 5.74) is 2.22. The van der Waals surface area contributed by atoms with Crippen LogP contribution >= 0.6 is 12.2 Å². The molecule has 29 heavy (non-hydrogen) atoms. The number of benzene rings is 2. The molecule has 1 fully saturated rings. The number of carbonyl (C=O) groups is 1. The number of nitrogens with one attached hydrogen (secondary N) is 2. The standard InChI is InChI=1S/C21H26N4O3S/c1-24-11-13-25(14-12-24)16-8-5-4-7-15(16)22-21(29)23-20(26)19-17(27-2)9-6-10-18(19)28-3/h4-10H,11-14H2,1-3H3,(H2,22,23,26,29). The molecule has 154 valence electrons. The average molecular weight is 415 g/mol. The van der Waals surface area contributed by atoms with Crippen LogP contribution in [-0.4, -0.2) is 63.4 Å². The lowest BCUT2D eigenvalue weighted by molar-refractivity contribution is 0.0971. The summed E-state index contributed by atoms with van der Waals surface area (Å²) in [6, 6.07) is 13.1. The van der Waals surface area contributed by atoms with Crippen LogP contribution in [0.5, 0.6) is 11.5 Å². The second kappa shape index (κ2) is 9.58. The van der Waals surface area contributed by atoms with Gasteiger partial charge in [-0.2, -0.15) is 0 Å². The van der Waals surface area contributed by atoms with Gasteiger partial charge in [-0.25, -0.2) is 0 Å². The minimum absolute atomic E-state index is 0.213. The molecule has 2 aromatic carbocycles. The van der Waals surface area contributed by atoms with Crippen LogP contribution in [0.15, 0.2) is 42.5 Å². The maximum atomic E-state index is 12.8. The van der Waals surface area contributed by atoms with Gasteiger partial charge < -0.3 is 24.6 Å². The molecule has 8 heteroatoms. The van der Waals surface area contributed by atoms with Crippen molar-refractivity contribution in [2.45, 2.75) is 0 Å². The van der Waals surface area contributed by atoms with Gasteiger partial charge in [-0.15, -0.1) is 0 Å². The largest absolute Gasteiger partial charge is 0.496 e. The normalized spacial score (nSPS) is 14.2. The van der Waals surface area contributed by atoms with Crippen LogP contribution < -0.4 is 25.0 Å². The zero-order valence-corrected chi connectivity index (χ0v) is 17.7. The van der Waals surface area contributed by atoms with Crippen molar-refractivity contribution in [3.63, 3.8) is 0 Å². The number of hydrogen-bond donors (Lipinski definition) is 2. The summed E-state index contributed by atoms with van der Waals surface area (Å²) >= 11 is 5.40. The van der Waals surface area contributed by atoms with E-state index in [1.165, 1.54) is 14.2 Å². The van der Waals surface area contributed by atoms with Crippen molar-refractivity contribution in [1.29, 1.82) is 0 Å². The Morgan fingerprint density at radius 3 is 2.21 bits per heavy atom. The van der Waals surface area contributed by atoms with E-state index in [-0.39, 0.29) is 5.11 Å². The Balaban J connectivity index is 1.73. The molecule has 1 saturated heterocycles. The van der Waals surface area contributed by atoms with Crippen LogP contribution in [0.4, 0.5) is 11.4 Å². The van der Waals surface area contributed by atoms with Gasteiger partial charge >= 0.3 is 0 Å². The van der Waals surface area contributed by atoms with Gasteiger partial charge in [0, 0.05) is 26.2 Å². The Labute approximate surface area is 176 Å². The molecular formula is C21H26N4O3S. The van der Waals surface area contributed by atoms with Gasteiger partial charge in [-0.05, 0) is 43.5 Å². The third kappa shape index (κ3) is 4.96. The lowest BCUT2D eigenvalue weighted by Crippen LogP contribution is -2.45. The highest BCUT2D eigenvalue weighted by Crippen LogP contribution is 2.29. The Kier molecular flexibility index (Phi) is 6.90. The molecule has 7 nitrogen and oxygen atoms in total. The van der Waals surface area contributed by atoms with Crippen molar-refractivity contribution in [3.05, 3.63) is 48.0 Å². The number of methoxy groups -OCH3 is 2. The molecule has 0 unspecified atom stereocenters. The molecule has 3 rings (SSSR count). The molecular weight excluding hydrogens is 388 g/mol. The predicted molar refractivity (Wildman–Crippen MR) is 119 cm³/mol. The first-order chi connectivity index (χ1) is 14.0. The molecule has 0 aliphatic carbocycles. The van der Waals surface area contributed by atoms with E-state index >= 15 is 0 Å². The van der Waals surface area contributed by atoms with Gasteiger partial charge in [0.05, 0.1) is 25.6 Å². The van der Waals surface area contributed by atoms with Gasteiger partial charge in [0.2, 0.25) is 0 Å². The number of likely N-dealkylation sites (N-methyl/N-ethyl adjacent to an activating group) is 1. The molecule has 1 aliphatic heterocycles. The monoisotopic (exact) mass is 414 g/mol. The number of piperazine rings is 1. The number of ether oxygens (including phenoxy) is 2. The first-order valence-corrected chi connectivity index (χ1v) is 9.80. The van der Waals surface area contributed by atoms with Gasteiger partial charge in [0.1, 0.15) is 17.1 Å². The summed E-state index contributed by atoms with van der Waals surface area (Å²) in [7, 11) is 5.14. The molecule has 0 bridgehead atoms. The zero-order valence-electron chi connectivity index (χ0n) is 16.9. The summed E-state index contributed by atoms with van der Waals surface area (Å²) in [6.07, 6.45) is 0. The van der Waals surface area contributed by atoms with Crippen LogP contribution in [0.2, 0.25) is 0 Å². The molecule has 0 spiro atoms. The minimum atomic E-state index is -0.395. The van der Waals surface area contributed by atoms with Crippen molar-refractivity contribution in [2.24, 2.45) is 0 Å². The van der Waals surface area contributed by atoms with Crippen molar-refractivity contribution in [3.8, 4) is 11.5 Å². The predicted octanol–water partition coefficient (Wildman–Crippen LogP) is 2.58. The smallest absolute Gasteiger partial charge is 0.264 e. The summed E-state index contributed by atoms with van der Waals surface area (Å²) in [6.45, 7) is 3.88. The van der Waals surface area contributed by atoms with Crippen LogP contribution in [0.1, 0.15) is 10.4 Å². The quantitative estimate of drug-likeness (QED) is 0.729. The lowest BCUT2D eigenvalue weighted by atomic mass is 10.1. The third-order valence-electron chi connectivity index (χ3n) is 4.88. The molecule has 1 heterocycles. The molecule has 0 aromatic heterocycles. The second-order valence-corrected chi connectivity index (χ2v) is 7.16. The Morgan fingerprint density at radius 2 is 1.59 bits per heavy atom. The molecule has 1 aliphatic rings. The van der Waals surface area contributed by atoms with E-state index in [0.717, 1.165) is 37.6 Å². The van der Waals surface area contributed by atoms with E-state index in [1.54, 1.807) is 18.2 Å². The van der Waals surface area contributed by atoms with Crippen LogP contribution in [0.25, 0.3) is 0 Å². The van der Waals surface area contributed by atoms with Crippen LogP contribution in [0, 0.1) is 0 Å². The van der Waals surface area contributed by atoms with Gasteiger partial charge in [-0.3, -0.25) is 10.1 Å². The molecule has 0 atom stereocenters. The van der Waals surface area contributed by atoms with Gasteiger partial charge in [0.25, 0.3) is 5.91 Å². The zero-order chi connectivity index (χ0) is 20.8. The maximum absolute atomic E-state index is 12.8. The first kappa shape index (κ1) is 20.9. The lowest BCUT2D eigenvalue weighted by Gasteiger charge is -2.35. The number of carbonyl (C=O) groups excluding carboxylic acids is 1. The summed E-state index contributed by atoms with van der Waals surface area (Å²) in [5.74, 6) is 0.443. The Hall–Kier alpha value is -2.84. The Morgan fingerprint density at radius 1 is 0.966 bits per heavy atom. The summed E-state index contributed by atoms with van der Waals surface area (Å²) < 4.78 is 10.6. The second-order valence-electron chi connectivity index (χ2n) is 6.75. The number of para-hydroxylation sites is 2. The van der Waals surface area contributed by atoms with E-state index in [2.05, 4.69) is 33.5 Å². The van der Waals surface area contributed by atoms with Gasteiger partial charge in [-0.1, -0.05) is 18.2 Å².